The minimum absolute atomic E-state index is 0.317. The van der Waals surface area contributed by atoms with Crippen LogP contribution in [0.3, 0.4) is 0 Å². The summed E-state index contributed by atoms with van der Waals surface area (Å²) in [4.78, 5) is 11.7. The first kappa shape index (κ1) is 18.3. The Bertz CT molecular complexity index is 463. The molecule has 6 nitrogen and oxygen atoms in total. The van der Waals surface area contributed by atoms with E-state index in [-0.39, 0.29) is 6.09 Å². The number of hydrogen-bond donors (Lipinski definition) is 2. The molecule has 0 spiro atoms. The lowest BCUT2D eigenvalue weighted by Crippen LogP contribution is -2.38. The van der Waals surface area contributed by atoms with Crippen LogP contribution in [0.4, 0.5) is 10.5 Å². The topological polar surface area (TPSA) is 68.2 Å². The second kappa shape index (κ2) is 8.06. The van der Waals surface area contributed by atoms with E-state index in [0.29, 0.717) is 18.4 Å². The molecule has 0 saturated carbocycles. The molecule has 0 aliphatic carbocycles. The monoisotopic (exact) mass is 310 g/mol. The summed E-state index contributed by atoms with van der Waals surface area (Å²) in [5.74, 6) is 0.765. The fourth-order valence-electron chi connectivity index (χ4n) is 1.95. The predicted molar refractivity (Wildman–Crippen MR) is 89.0 cm³/mol. The lowest BCUT2D eigenvalue weighted by Gasteiger charge is -2.24. The third-order valence-corrected chi connectivity index (χ3v) is 3.38. The summed E-state index contributed by atoms with van der Waals surface area (Å²) in [5, 5.41) is 10.5. The van der Waals surface area contributed by atoms with Crippen LogP contribution in [0.5, 0.6) is 0 Å². The maximum absolute atomic E-state index is 11.7. The average Bonchev–Trinajstić information content (AvgIpc) is 2.84. The number of ether oxygens (including phenoxy) is 1. The van der Waals surface area contributed by atoms with Gasteiger partial charge in [-0.15, -0.1) is 0 Å². The maximum atomic E-state index is 11.7. The lowest BCUT2D eigenvalue weighted by molar-refractivity contribution is 0.0516. The second-order valence-electron chi connectivity index (χ2n) is 6.85. The zero-order valence-corrected chi connectivity index (χ0v) is 14.6. The Morgan fingerprint density at radius 3 is 2.55 bits per heavy atom. The first-order valence-electron chi connectivity index (χ1n) is 7.94. The molecule has 0 aromatic carbocycles. The maximum Gasteiger partial charge on any atom is 0.407 e. The standard InChI is InChI=1S/C16H30N4O2/c1-7-20-11-14(10-19-20)17-8-13(12(2)3)9-18-15(21)22-16(4,5)6/h10-13,17H,7-9H2,1-6H3,(H,18,21). The van der Waals surface area contributed by atoms with Crippen LogP contribution in [0.2, 0.25) is 0 Å². The van der Waals surface area contributed by atoms with Crippen molar-refractivity contribution < 1.29 is 9.53 Å². The first-order valence-corrected chi connectivity index (χ1v) is 7.94. The Kier molecular flexibility index (Phi) is 6.71. The Labute approximate surface area is 133 Å². The molecule has 0 aliphatic heterocycles. The van der Waals surface area contributed by atoms with Gasteiger partial charge >= 0.3 is 6.09 Å². The molecule has 1 aromatic rings. The van der Waals surface area contributed by atoms with Gasteiger partial charge in [-0.05, 0) is 39.5 Å². The van der Waals surface area contributed by atoms with Crippen molar-refractivity contribution in [3.8, 4) is 0 Å². The third-order valence-electron chi connectivity index (χ3n) is 3.38. The molecule has 2 N–H and O–H groups in total. The van der Waals surface area contributed by atoms with Gasteiger partial charge < -0.3 is 15.4 Å². The van der Waals surface area contributed by atoms with Crippen LogP contribution in [0.1, 0.15) is 41.5 Å². The highest BCUT2D eigenvalue weighted by Gasteiger charge is 2.19. The highest BCUT2D eigenvalue weighted by Crippen LogP contribution is 2.13. The molecule has 1 unspecified atom stereocenters. The van der Waals surface area contributed by atoms with E-state index in [1.807, 2.05) is 37.8 Å². The van der Waals surface area contributed by atoms with Gasteiger partial charge in [0.1, 0.15) is 5.60 Å². The normalized spacial score (nSPS) is 13.0. The average molecular weight is 310 g/mol. The van der Waals surface area contributed by atoms with Crippen molar-refractivity contribution in [1.29, 1.82) is 0 Å². The van der Waals surface area contributed by atoms with E-state index in [1.165, 1.54) is 0 Å². The van der Waals surface area contributed by atoms with Crippen LogP contribution in [0, 0.1) is 11.8 Å². The number of nitrogens with zero attached hydrogens (tertiary/aromatic N) is 2. The van der Waals surface area contributed by atoms with Crippen molar-refractivity contribution >= 4 is 11.8 Å². The molecule has 1 heterocycles. The van der Waals surface area contributed by atoms with Crippen LogP contribution in [0.25, 0.3) is 0 Å². The zero-order valence-electron chi connectivity index (χ0n) is 14.6. The van der Waals surface area contributed by atoms with Crippen molar-refractivity contribution in [2.75, 3.05) is 18.4 Å². The molecule has 22 heavy (non-hydrogen) atoms. The Morgan fingerprint density at radius 1 is 1.36 bits per heavy atom. The van der Waals surface area contributed by atoms with Gasteiger partial charge in [-0.2, -0.15) is 5.10 Å². The molecule has 0 aliphatic rings. The van der Waals surface area contributed by atoms with Gasteiger partial charge in [-0.3, -0.25) is 4.68 Å². The molecule has 0 saturated heterocycles. The third kappa shape index (κ3) is 6.83. The van der Waals surface area contributed by atoms with Gasteiger partial charge in [0.25, 0.3) is 0 Å². The molecule has 1 rings (SSSR count). The summed E-state index contributed by atoms with van der Waals surface area (Å²) in [6.07, 6.45) is 3.44. The number of carbonyl (C=O) groups is 1. The quantitative estimate of drug-likeness (QED) is 0.812. The smallest absolute Gasteiger partial charge is 0.407 e. The molecule has 6 heteroatoms. The summed E-state index contributed by atoms with van der Waals surface area (Å²) in [5.41, 5.74) is 0.537. The van der Waals surface area contributed by atoms with Crippen molar-refractivity contribution in [3.63, 3.8) is 0 Å². The summed E-state index contributed by atoms with van der Waals surface area (Å²) in [7, 11) is 0. The number of nitrogens with one attached hydrogen (secondary N) is 2. The highest BCUT2D eigenvalue weighted by molar-refractivity contribution is 5.67. The molecule has 0 fully saturated rings. The van der Waals surface area contributed by atoms with Crippen LogP contribution in [-0.2, 0) is 11.3 Å². The Hall–Kier alpha value is -1.72. The fraction of sp³-hybridized carbons (Fsp3) is 0.750. The zero-order chi connectivity index (χ0) is 16.8. The summed E-state index contributed by atoms with van der Waals surface area (Å²) < 4.78 is 7.15. The van der Waals surface area contributed by atoms with E-state index in [0.717, 1.165) is 18.8 Å². The van der Waals surface area contributed by atoms with Gasteiger partial charge in [0.2, 0.25) is 0 Å². The molecular formula is C16H30N4O2. The summed E-state index contributed by atoms with van der Waals surface area (Å²) in [6.45, 7) is 14.2. The molecule has 1 aromatic heterocycles. The predicted octanol–water partition coefficient (Wildman–Crippen LogP) is 3.11. The van der Waals surface area contributed by atoms with Crippen molar-refractivity contribution in [2.24, 2.45) is 11.8 Å². The molecule has 126 valence electrons. The second-order valence-corrected chi connectivity index (χ2v) is 6.85. The number of aryl methyl sites for hydroxylation is 1. The van der Waals surface area contributed by atoms with Crippen molar-refractivity contribution in [2.45, 2.75) is 53.7 Å². The van der Waals surface area contributed by atoms with E-state index in [1.54, 1.807) is 0 Å². The SMILES string of the molecule is CCn1cc(NCC(CNC(=O)OC(C)(C)C)C(C)C)cn1. The minimum Gasteiger partial charge on any atom is -0.444 e. The van der Waals surface area contributed by atoms with Gasteiger partial charge in [0.15, 0.2) is 0 Å². The van der Waals surface area contributed by atoms with E-state index in [4.69, 9.17) is 4.74 Å². The number of anilines is 1. The van der Waals surface area contributed by atoms with Crippen molar-refractivity contribution in [1.82, 2.24) is 15.1 Å². The molecule has 0 radical (unpaired) electrons. The van der Waals surface area contributed by atoms with Crippen molar-refractivity contribution in [3.05, 3.63) is 12.4 Å². The van der Waals surface area contributed by atoms with E-state index in [9.17, 15) is 4.79 Å². The molecule has 0 bridgehead atoms. The molecular weight excluding hydrogens is 280 g/mol. The van der Waals surface area contributed by atoms with E-state index < -0.39 is 5.60 Å². The van der Waals surface area contributed by atoms with Gasteiger partial charge in [0, 0.05) is 25.8 Å². The number of alkyl carbamates (subject to hydrolysis) is 1. The van der Waals surface area contributed by atoms with Crippen LogP contribution in [0.15, 0.2) is 12.4 Å². The number of aromatic nitrogens is 2. The Morgan fingerprint density at radius 2 is 2.05 bits per heavy atom. The van der Waals surface area contributed by atoms with E-state index in [2.05, 4.69) is 36.5 Å². The largest absolute Gasteiger partial charge is 0.444 e. The van der Waals surface area contributed by atoms with E-state index >= 15 is 0 Å². The Balaban J connectivity index is 2.43. The summed E-state index contributed by atoms with van der Waals surface area (Å²) in [6, 6.07) is 0. The minimum atomic E-state index is -0.468. The highest BCUT2D eigenvalue weighted by atomic mass is 16.6. The fourth-order valence-corrected chi connectivity index (χ4v) is 1.95. The number of rotatable bonds is 7. The summed E-state index contributed by atoms with van der Waals surface area (Å²) >= 11 is 0. The number of carbonyl (C=O) groups excluding carboxylic acids is 1. The van der Waals surface area contributed by atoms with Gasteiger partial charge in [-0.1, -0.05) is 13.8 Å². The lowest BCUT2D eigenvalue weighted by atomic mass is 9.96. The number of amides is 1. The molecule has 1 atom stereocenters. The van der Waals surface area contributed by atoms with Gasteiger partial charge in [0.05, 0.1) is 11.9 Å². The van der Waals surface area contributed by atoms with Gasteiger partial charge in [-0.25, -0.2) is 4.79 Å². The van der Waals surface area contributed by atoms with Crippen LogP contribution in [-0.4, -0.2) is 34.6 Å². The molecule has 1 amide bonds. The first-order chi connectivity index (χ1) is 10.2. The van der Waals surface area contributed by atoms with Crippen LogP contribution >= 0.6 is 0 Å². The van der Waals surface area contributed by atoms with Crippen LogP contribution < -0.4 is 10.6 Å². The number of hydrogen-bond acceptors (Lipinski definition) is 4.